The number of aromatic nitrogens is 3. The first-order valence-corrected chi connectivity index (χ1v) is 4.01. The lowest BCUT2D eigenvalue weighted by Gasteiger charge is -2.01. The van der Waals surface area contributed by atoms with Crippen LogP contribution in [0.5, 0.6) is 6.01 Å². The van der Waals surface area contributed by atoms with Crippen LogP contribution >= 0.6 is 11.6 Å². The molecule has 0 aliphatic heterocycles. The van der Waals surface area contributed by atoms with Crippen LogP contribution in [0.3, 0.4) is 0 Å². The molecule has 0 spiro atoms. The lowest BCUT2D eigenvalue weighted by atomic mass is 10.7. The van der Waals surface area contributed by atoms with Gasteiger partial charge in [0.25, 0.3) is 0 Å². The first-order chi connectivity index (χ1) is 5.79. The van der Waals surface area contributed by atoms with Crippen molar-refractivity contribution >= 4 is 11.6 Å². The molecule has 12 heavy (non-hydrogen) atoms. The van der Waals surface area contributed by atoms with Gasteiger partial charge in [0.1, 0.15) is 12.4 Å². The van der Waals surface area contributed by atoms with Crippen molar-refractivity contribution in [3.63, 3.8) is 0 Å². The molecule has 0 saturated carbocycles. The number of nitrogens with zero attached hydrogens (tertiary/aromatic N) is 3. The van der Waals surface area contributed by atoms with Gasteiger partial charge in [0.2, 0.25) is 0 Å². The van der Waals surface area contributed by atoms with Gasteiger partial charge in [-0.2, -0.15) is 0 Å². The van der Waals surface area contributed by atoms with Crippen LogP contribution in [0.1, 0.15) is 5.82 Å². The van der Waals surface area contributed by atoms with Crippen LogP contribution in [-0.4, -0.2) is 21.4 Å². The minimum atomic E-state index is 0.334. The summed E-state index contributed by atoms with van der Waals surface area (Å²) in [7, 11) is 1.80. The third-order valence-corrected chi connectivity index (χ3v) is 1.61. The Balaban J connectivity index is 2.72. The lowest BCUT2D eigenvalue weighted by Crippen LogP contribution is -2.01. The van der Waals surface area contributed by atoms with Crippen LogP contribution < -0.4 is 4.74 Å². The van der Waals surface area contributed by atoms with Gasteiger partial charge in [0, 0.05) is 7.05 Å². The zero-order chi connectivity index (χ0) is 8.97. The summed E-state index contributed by atoms with van der Waals surface area (Å²) >= 11 is 5.58. The van der Waals surface area contributed by atoms with E-state index in [0.717, 1.165) is 0 Å². The van der Waals surface area contributed by atoms with Gasteiger partial charge in [-0.05, 0) is 0 Å². The molecule has 1 rings (SSSR count). The molecule has 0 radical (unpaired) electrons. The Bertz CT molecular complexity index is 272. The highest BCUT2D eigenvalue weighted by molar-refractivity contribution is 6.16. The minimum absolute atomic E-state index is 0.334. The molecule has 5 heteroatoms. The van der Waals surface area contributed by atoms with Crippen molar-refractivity contribution in [1.29, 1.82) is 0 Å². The van der Waals surface area contributed by atoms with E-state index in [0.29, 0.717) is 24.3 Å². The third-order valence-electron chi connectivity index (χ3n) is 1.37. The number of alkyl halides is 1. The van der Waals surface area contributed by atoms with Gasteiger partial charge in [-0.1, -0.05) is 17.8 Å². The summed E-state index contributed by atoms with van der Waals surface area (Å²) in [4.78, 5) is 0. The maximum atomic E-state index is 5.58. The summed E-state index contributed by atoms with van der Waals surface area (Å²) in [6, 6.07) is 0.463. The normalized spacial score (nSPS) is 9.83. The number of halogens is 1. The smallest absolute Gasteiger partial charge is 0.317 e. The number of ether oxygens (including phenoxy) is 1. The molecule has 1 heterocycles. The summed E-state index contributed by atoms with van der Waals surface area (Å²) in [5, 5.41) is 7.59. The van der Waals surface area contributed by atoms with Gasteiger partial charge in [0.05, 0.1) is 5.88 Å². The molecule has 1 aromatic heterocycles. The van der Waals surface area contributed by atoms with E-state index >= 15 is 0 Å². The Morgan fingerprint density at radius 2 is 2.42 bits per heavy atom. The molecule has 4 nitrogen and oxygen atoms in total. The molecule has 0 unspecified atom stereocenters. The Morgan fingerprint density at radius 1 is 1.67 bits per heavy atom. The standard InChI is InChI=1S/C7H10ClN3O/c1-3-4-12-7-10-9-6(5-8)11(7)2/h3H,1,4-5H2,2H3. The maximum absolute atomic E-state index is 5.58. The SMILES string of the molecule is C=CCOc1nnc(CCl)n1C. The van der Waals surface area contributed by atoms with Crippen molar-refractivity contribution in [1.82, 2.24) is 14.8 Å². The van der Waals surface area contributed by atoms with Gasteiger partial charge in [-0.25, -0.2) is 0 Å². The van der Waals surface area contributed by atoms with Crippen molar-refractivity contribution in [2.45, 2.75) is 5.88 Å². The molecule has 0 amide bonds. The van der Waals surface area contributed by atoms with Crippen molar-refractivity contribution in [3.05, 3.63) is 18.5 Å². The van der Waals surface area contributed by atoms with Crippen LogP contribution in [0.15, 0.2) is 12.7 Å². The fraction of sp³-hybridized carbons (Fsp3) is 0.429. The zero-order valence-corrected chi connectivity index (χ0v) is 7.58. The van der Waals surface area contributed by atoms with Gasteiger partial charge in [-0.3, -0.25) is 4.57 Å². The van der Waals surface area contributed by atoms with Gasteiger partial charge < -0.3 is 4.74 Å². The second-order valence-electron chi connectivity index (χ2n) is 2.19. The highest BCUT2D eigenvalue weighted by Crippen LogP contribution is 2.08. The van der Waals surface area contributed by atoms with Gasteiger partial charge in [-0.15, -0.1) is 16.7 Å². The van der Waals surface area contributed by atoms with Gasteiger partial charge in [0.15, 0.2) is 0 Å². The Kier molecular flexibility index (Phi) is 3.10. The summed E-state index contributed by atoms with van der Waals surface area (Å²) in [5.74, 6) is 1.02. The second-order valence-corrected chi connectivity index (χ2v) is 2.46. The quantitative estimate of drug-likeness (QED) is 0.524. The topological polar surface area (TPSA) is 39.9 Å². The van der Waals surface area contributed by atoms with Crippen LogP contribution in [0.4, 0.5) is 0 Å². The minimum Gasteiger partial charge on any atom is -0.459 e. The molecule has 0 aliphatic carbocycles. The fourth-order valence-corrected chi connectivity index (χ4v) is 0.953. The molecule has 0 aliphatic rings. The van der Waals surface area contributed by atoms with E-state index in [4.69, 9.17) is 16.3 Å². The van der Waals surface area contributed by atoms with E-state index in [9.17, 15) is 0 Å². The molecular formula is C7H10ClN3O. The zero-order valence-electron chi connectivity index (χ0n) is 6.83. The average Bonchev–Trinajstić information content (AvgIpc) is 2.43. The second kappa shape index (κ2) is 4.11. The van der Waals surface area contributed by atoms with E-state index in [1.165, 1.54) is 0 Å². The highest BCUT2D eigenvalue weighted by Gasteiger charge is 2.06. The highest BCUT2D eigenvalue weighted by atomic mass is 35.5. The molecular weight excluding hydrogens is 178 g/mol. The van der Waals surface area contributed by atoms with Crippen molar-refractivity contribution in [2.24, 2.45) is 7.05 Å². The number of hydrogen-bond donors (Lipinski definition) is 0. The van der Waals surface area contributed by atoms with Crippen LogP contribution in [0.25, 0.3) is 0 Å². The van der Waals surface area contributed by atoms with Crippen molar-refractivity contribution in [3.8, 4) is 6.01 Å². The monoisotopic (exact) mass is 187 g/mol. The lowest BCUT2D eigenvalue weighted by molar-refractivity contribution is 0.320. The molecule has 0 saturated heterocycles. The largest absolute Gasteiger partial charge is 0.459 e. The molecule has 66 valence electrons. The molecule has 0 N–H and O–H groups in total. The molecule has 0 bridgehead atoms. The van der Waals surface area contributed by atoms with Crippen LogP contribution in [-0.2, 0) is 12.9 Å². The van der Waals surface area contributed by atoms with E-state index in [-0.39, 0.29) is 0 Å². The summed E-state index contributed by atoms with van der Waals surface area (Å²) in [6.07, 6.45) is 1.65. The first-order valence-electron chi connectivity index (χ1n) is 3.47. The van der Waals surface area contributed by atoms with Gasteiger partial charge >= 0.3 is 6.01 Å². The van der Waals surface area contributed by atoms with E-state index < -0.39 is 0 Å². The Morgan fingerprint density at radius 3 is 2.92 bits per heavy atom. The van der Waals surface area contributed by atoms with Crippen molar-refractivity contribution in [2.75, 3.05) is 6.61 Å². The van der Waals surface area contributed by atoms with E-state index in [2.05, 4.69) is 16.8 Å². The first kappa shape index (κ1) is 9.06. The molecule has 0 atom stereocenters. The van der Waals surface area contributed by atoms with E-state index in [1.54, 1.807) is 17.7 Å². The number of hydrogen-bond acceptors (Lipinski definition) is 3. The number of rotatable bonds is 4. The summed E-state index contributed by atoms with van der Waals surface area (Å²) in [6.45, 7) is 3.95. The maximum Gasteiger partial charge on any atom is 0.317 e. The van der Waals surface area contributed by atoms with Crippen LogP contribution in [0, 0.1) is 0 Å². The van der Waals surface area contributed by atoms with Crippen LogP contribution in [0.2, 0.25) is 0 Å². The summed E-state index contributed by atoms with van der Waals surface area (Å²) in [5.41, 5.74) is 0. The molecule has 1 aromatic rings. The third kappa shape index (κ3) is 1.76. The summed E-state index contributed by atoms with van der Waals surface area (Å²) < 4.78 is 6.89. The Labute approximate surface area is 75.8 Å². The average molecular weight is 188 g/mol. The van der Waals surface area contributed by atoms with Crippen molar-refractivity contribution < 1.29 is 4.74 Å². The molecule has 0 aromatic carbocycles. The Hall–Kier alpha value is -1.03. The molecule has 0 fully saturated rings. The predicted molar refractivity (Wildman–Crippen MR) is 46.3 cm³/mol. The fourth-order valence-electron chi connectivity index (χ4n) is 0.721. The van der Waals surface area contributed by atoms with E-state index in [1.807, 2.05) is 0 Å². The predicted octanol–water partition coefficient (Wildman–Crippen LogP) is 1.12.